The number of rotatable bonds is 2. The zero-order chi connectivity index (χ0) is 11.7. The molecule has 2 aliphatic rings. The van der Waals surface area contributed by atoms with E-state index in [-0.39, 0.29) is 17.9 Å². The van der Waals surface area contributed by atoms with E-state index in [0.29, 0.717) is 18.3 Å². The van der Waals surface area contributed by atoms with Crippen molar-refractivity contribution in [1.29, 1.82) is 0 Å². The van der Waals surface area contributed by atoms with Crippen molar-refractivity contribution < 1.29 is 9.59 Å². The van der Waals surface area contributed by atoms with Crippen LogP contribution in [0.25, 0.3) is 0 Å². The topological polar surface area (TPSA) is 49.4 Å². The maximum absolute atomic E-state index is 11.8. The number of hydrogen-bond acceptors (Lipinski definition) is 2. The third-order valence-electron chi connectivity index (χ3n) is 3.87. The lowest BCUT2D eigenvalue weighted by Gasteiger charge is -2.25. The van der Waals surface area contributed by atoms with Crippen LogP contribution >= 0.6 is 16.1 Å². The van der Waals surface area contributed by atoms with E-state index in [1.807, 2.05) is 6.92 Å². The van der Waals surface area contributed by atoms with E-state index in [4.69, 9.17) is 0 Å². The number of nitrogens with zero attached hydrogens (tertiary/aromatic N) is 1. The number of halogens is 1. The van der Waals surface area contributed by atoms with Crippen molar-refractivity contribution in [3.63, 3.8) is 0 Å². The predicted molar refractivity (Wildman–Crippen MR) is 63.7 cm³/mol. The second-order valence-electron chi connectivity index (χ2n) is 4.66. The highest BCUT2D eigenvalue weighted by Crippen LogP contribution is 2.42. The van der Waals surface area contributed by atoms with Crippen LogP contribution in [-0.4, -0.2) is 29.3 Å². The third-order valence-corrected chi connectivity index (χ3v) is 4.27. The van der Waals surface area contributed by atoms with Crippen LogP contribution in [0.1, 0.15) is 32.6 Å². The molecule has 0 spiro atoms. The molecule has 0 unspecified atom stereocenters. The molecule has 1 aliphatic carbocycles. The van der Waals surface area contributed by atoms with Crippen molar-refractivity contribution in [3.05, 3.63) is 0 Å². The molecule has 2 amide bonds. The lowest BCUT2D eigenvalue weighted by atomic mass is 9.94. The Labute approximate surface area is 104 Å². The van der Waals surface area contributed by atoms with Crippen molar-refractivity contribution in [2.24, 2.45) is 11.8 Å². The molecular weight excluding hydrogens is 272 g/mol. The minimum Gasteiger partial charge on any atom is -0.330 e. The molecule has 2 fully saturated rings. The summed E-state index contributed by atoms with van der Waals surface area (Å²) in [5.74, 6) is 0.921. The number of nitrogens with one attached hydrogen (secondary N) is 1. The largest absolute Gasteiger partial charge is 0.330 e. The standard InChI is InChI=1S/C11H17BrN2O2/c1-2-9(15)14-6-7-4-3-5-8(7)10(14)11(16)13-12/h7-8,10H,2-6H2,1H3,(H,13,16)/t7-,8+,10-/m0/s1. The molecule has 3 atom stereocenters. The molecule has 0 bridgehead atoms. The summed E-state index contributed by atoms with van der Waals surface area (Å²) in [7, 11) is 0. The fourth-order valence-electron chi connectivity index (χ4n) is 3.16. The van der Waals surface area contributed by atoms with Gasteiger partial charge in [-0.25, -0.2) is 0 Å². The van der Waals surface area contributed by atoms with Crippen LogP contribution in [0.5, 0.6) is 0 Å². The lowest BCUT2D eigenvalue weighted by molar-refractivity contribution is -0.138. The fraction of sp³-hybridized carbons (Fsp3) is 0.818. The number of fused-ring (bicyclic) bond motifs is 1. The van der Waals surface area contributed by atoms with Crippen LogP contribution in [-0.2, 0) is 9.59 Å². The number of hydrogen-bond donors (Lipinski definition) is 1. The van der Waals surface area contributed by atoms with Gasteiger partial charge in [0.15, 0.2) is 0 Å². The minimum atomic E-state index is -0.251. The first-order chi connectivity index (χ1) is 7.69. The van der Waals surface area contributed by atoms with Crippen LogP contribution < -0.4 is 4.34 Å². The zero-order valence-electron chi connectivity index (χ0n) is 9.41. The van der Waals surface area contributed by atoms with Gasteiger partial charge in [0.25, 0.3) is 5.91 Å². The molecule has 1 saturated heterocycles. The summed E-state index contributed by atoms with van der Waals surface area (Å²) in [6.45, 7) is 2.61. The van der Waals surface area contributed by atoms with E-state index in [9.17, 15) is 9.59 Å². The van der Waals surface area contributed by atoms with Crippen molar-refractivity contribution in [3.8, 4) is 0 Å². The van der Waals surface area contributed by atoms with Gasteiger partial charge in [-0.15, -0.1) is 0 Å². The first kappa shape index (κ1) is 11.9. The summed E-state index contributed by atoms with van der Waals surface area (Å²) in [5.41, 5.74) is 0. The monoisotopic (exact) mass is 288 g/mol. The summed E-state index contributed by atoms with van der Waals surface area (Å²) in [6.07, 6.45) is 3.90. The molecule has 1 N–H and O–H groups in total. The number of carbonyl (C=O) groups is 2. The van der Waals surface area contributed by atoms with Crippen LogP contribution in [0.15, 0.2) is 0 Å². The highest BCUT2D eigenvalue weighted by molar-refractivity contribution is 9.08. The van der Waals surface area contributed by atoms with E-state index < -0.39 is 0 Å². The van der Waals surface area contributed by atoms with Crippen LogP contribution in [0.3, 0.4) is 0 Å². The van der Waals surface area contributed by atoms with Gasteiger partial charge >= 0.3 is 0 Å². The van der Waals surface area contributed by atoms with E-state index in [1.54, 1.807) is 4.90 Å². The van der Waals surface area contributed by atoms with Gasteiger partial charge in [0.2, 0.25) is 5.91 Å². The Balaban J connectivity index is 2.19. The Bertz CT molecular complexity index is 308. The Hall–Kier alpha value is -0.580. The van der Waals surface area contributed by atoms with Gasteiger partial charge < -0.3 is 4.90 Å². The Morgan fingerprint density at radius 2 is 2.19 bits per heavy atom. The van der Waals surface area contributed by atoms with Gasteiger partial charge in [-0.1, -0.05) is 13.3 Å². The molecule has 0 radical (unpaired) electrons. The molecule has 0 aromatic rings. The number of likely N-dealkylation sites (tertiary alicyclic amines) is 1. The van der Waals surface area contributed by atoms with Crippen LogP contribution in [0.4, 0.5) is 0 Å². The SMILES string of the molecule is CCC(=O)N1C[C@@H]2CCC[C@H]2[C@H]1C(=O)NBr. The highest BCUT2D eigenvalue weighted by atomic mass is 79.9. The summed E-state index contributed by atoms with van der Waals surface area (Å²) < 4.78 is 2.51. The number of amides is 2. The molecule has 4 nitrogen and oxygen atoms in total. The molecule has 1 saturated carbocycles. The average Bonchev–Trinajstić information content (AvgIpc) is 2.86. The van der Waals surface area contributed by atoms with Gasteiger partial charge in [0.05, 0.1) is 0 Å². The van der Waals surface area contributed by atoms with E-state index in [1.165, 1.54) is 6.42 Å². The first-order valence-electron chi connectivity index (χ1n) is 5.89. The van der Waals surface area contributed by atoms with E-state index >= 15 is 0 Å². The summed E-state index contributed by atoms with van der Waals surface area (Å²) >= 11 is 2.98. The molecule has 1 aliphatic heterocycles. The molecule has 0 aromatic heterocycles. The molecule has 90 valence electrons. The molecule has 5 heteroatoms. The maximum Gasteiger partial charge on any atom is 0.252 e. The van der Waals surface area contributed by atoms with Crippen molar-refractivity contribution >= 4 is 28.0 Å². The van der Waals surface area contributed by atoms with Crippen molar-refractivity contribution in [2.45, 2.75) is 38.6 Å². The van der Waals surface area contributed by atoms with Gasteiger partial charge in [0, 0.05) is 29.1 Å². The second-order valence-corrected chi connectivity index (χ2v) is 5.05. The van der Waals surface area contributed by atoms with E-state index in [0.717, 1.165) is 19.4 Å². The normalized spacial score (nSPS) is 32.6. The molecule has 2 rings (SSSR count). The van der Waals surface area contributed by atoms with Crippen LogP contribution in [0.2, 0.25) is 0 Å². The predicted octanol–water partition coefficient (Wildman–Crippen LogP) is 1.45. The quantitative estimate of drug-likeness (QED) is 0.782. The summed E-state index contributed by atoms with van der Waals surface area (Å²) in [4.78, 5) is 25.4. The van der Waals surface area contributed by atoms with Crippen molar-refractivity contribution in [2.75, 3.05) is 6.54 Å². The lowest BCUT2D eigenvalue weighted by Crippen LogP contribution is -2.46. The maximum atomic E-state index is 11.8. The fourth-order valence-corrected chi connectivity index (χ4v) is 3.39. The summed E-state index contributed by atoms with van der Waals surface area (Å²) in [5, 5.41) is 0. The Morgan fingerprint density at radius 3 is 2.81 bits per heavy atom. The first-order valence-corrected chi connectivity index (χ1v) is 6.68. The van der Waals surface area contributed by atoms with Gasteiger partial charge in [-0.2, -0.15) is 0 Å². The zero-order valence-corrected chi connectivity index (χ0v) is 11.0. The molecule has 0 aromatic carbocycles. The minimum absolute atomic E-state index is 0.0730. The highest BCUT2D eigenvalue weighted by Gasteiger charge is 2.48. The Morgan fingerprint density at radius 1 is 1.44 bits per heavy atom. The average molecular weight is 289 g/mol. The second kappa shape index (κ2) is 4.73. The molecular formula is C11H17BrN2O2. The number of carbonyl (C=O) groups excluding carboxylic acids is 2. The van der Waals surface area contributed by atoms with Gasteiger partial charge in [0.1, 0.15) is 6.04 Å². The Kier molecular flexibility index (Phi) is 3.52. The van der Waals surface area contributed by atoms with Gasteiger partial charge in [-0.05, 0) is 24.7 Å². The molecule has 1 heterocycles. The third kappa shape index (κ3) is 1.85. The van der Waals surface area contributed by atoms with Crippen molar-refractivity contribution in [1.82, 2.24) is 9.24 Å². The van der Waals surface area contributed by atoms with Gasteiger partial charge in [-0.3, -0.25) is 13.9 Å². The smallest absolute Gasteiger partial charge is 0.252 e. The summed E-state index contributed by atoms with van der Waals surface area (Å²) in [6, 6.07) is -0.251. The van der Waals surface area contributed by atoms with Crippen LogP contribution in [0, 0.1) is 11.8 Å². The molecule has 16 heavy (non-hydrogen) atoms. The van der Waals surface area contributed by atoms with E-state index in [2.05, 4.69) is 20.5 Å².